The number of hydrogen-bond donors (Lipinski definition) is 2. The number of hydrogen-bond acceptors (Lipinski definition) is 4. The maximum absolute atomic E-state index is 9.46. The Bertz CT molecular complexity index is 1030. The average Bonchev–Trinajstić information content (AvgIpc) is 3.05. The van der Waals surface area contributed by atoms with Crippen LogP contribution in [0.1, 0.15) is 5.56 Å². The highest BCUT2D eigenvalue weighted by Crippen LogP contribution is 2.25. The number of halogens is 1. The van der Waals surface area contributed by atoms with Crippen molar-refractivity contribution in [3.8, 4) is 17.0 Å². The highest BCUT2D eigenvalue weighted by atomic mass is 35.5. The van der Waals surface area contributed by atoms with Gasteiger partial charge in [0.2, 0.25) is 0 Å². The van der Waals surface area contributed by atoms with E-state index in [0.29, 0.717) is 17.4 Å². The van der Waals surface area contributed by atoms with Gasteiger partial charge in [-0.2, -0.15) is 0 Å². The Morgan fingerprint density at radius 3 is 2.72 bits per heavy atom. The molecule has 0 aliphatic carbocycles. The quantitative estimate of drug-likeness (QED) is 0.573. The number of nitrogens with zero attached hydrogens (tertiary/aromatic N) is 3. The molecule has 0 bridgehead atoms. The fraction of sp³-hybridized carbons (Fsp3) is 0.0526. The maximum Gasteiger partial charge on any atom is 0.180 e. The van der Waals surface area contributed by atoms with E-state index in [-0.39, 0.29) is 5.75 Å². The molecule has 4 aromatic rings. The molecule has 0 unspecified atom stereocenters. The molecule has 0 aliphatic rings. The molecule has 2 aromatic heterocycles. The van der Waals surface area contributed by atoms with Crippen LogP contribution in [0, 0.1) is 0 Å². The minimum Gasteiger partial charge on any atom is -0.508 e. The fourth-order valence-electron chi connectivity index (χ4n) is 2.72. The minimum atomic E-state index is 0.239. The normalized spacial score (nSPS) is 10.9. The highest BCUT2D eigenvalue weighted by Gasteiger charge is 2.10. The lowest BCUT2D eigenvalue weighted by Crippen LogP contribution is -2.03. The van der Waals surface area contributed by atoms with E-state index in [1.165, 1.54) is 0 Å². The Morgan fingerprint density at radius 2 is 1.92 bits per heavy atom. The molecule has 0 spiro atoms. The molecule has 4 rings (SSSR count). The minimum absolute atomic E-state index is 0.239. The molecule has 2 N–H and O–H groups in total. The Hall–Kier alpha value is -3.05. The van der Waals surface area contributed by atoms with Gasteiger partial charge < -0.3 is 10.4 Å². The number of nitrogens with one attached hydrogen (secondary N) is 1. The predicted molar refractivity (Wildman–Crippen MR) is 98.9 cm³/mol. The lowest BCUT2D eigenvalue weighted by atomic mass is 10.1. The van der Waals surface area contributed by atoms with Crippen LogP contribution in [0.25, 0.3) is 16.9 Å². The molecule has 0 saturated heterocycles. The summed E-state index contributed by atoms with van der Waals surface area (Å²) in [5.74, 6) is 0.940. The molecule has 2 heterocycles. The maximum atomic E-state index is 9.46. The lowest BCUT2D eigenvalue weighted by molar-refractivity contribution is 0.475. The third kappa shape index (κ3) is 3.14. The topological polar surface area (TPSA) is 62.5 Å². The van der Waals surface area contributed by atoms with E-state index < -0.39 is 0 Å². The molecule has 0 amide bonds. The second-order valence-electron chi connectivity index (χ2n) is 5.64. The number of imidazole rings is 1. The van der Waals surface area contributed by atoms with E-state index in [2.05, 4.69) is 15.3 Å². The molecule has 25 heavy (non-hydrogen) atoms. The van der Waals surface area contributed by atoms with Crippen LogP contribution in [0.4, 0.5) is 5.82 Å². The summed E-state index contributed by atoms with van der Waals surface area (Å²) in [7, 11) is 0. The summed E-state index contributed by atoms with van der Waals surface area (Å²) >= 11 is 6.03. The van der Waals surface area contributed by atoms with Crippen molar-refractivity contribution in [1.82, 2.24) is 14.4 Å². The van der Waals surface area contributed by atoms with Crippen LogP contribution in [0.5, 0.6) is 5.75 Å². The summed E-state index contributed by atoms with van der Waals surface area (Å²) < 4.78 is 1.97. The SMILES string of the molecule is Oc1ccc(-c2cnc3c(NCc4cccc(Cl)c4)nccn23)cc1. The molecule has 5 nitrogen and oxygen atoms in total. The van der Waals surface area contributed by atoms with Gasteiger partial charge in [-0.15, -0.1) is 0 Å². The molecular formula is C19H15ClN4O. The first-order valence-corrected chi connectivity index (χ1v) is 8.18. The third-order valence-electron chi connectivity index (χ3n) is 3.94. The van der Waals surface area contributed by atoms with Crippen molar-refractivity contribution in [2.24, 2.45) is 0 Å². The Kier molecular flexibility index (Phi) is 3.99. The number of rotatable bonds is 4. The first kappa shape index (κ1) is 15.5. The number of benzene rings is 2. The van der Waals surface area contributed by atoms with Crippen LogP contribution in [-0.2, 0) is 6.54 Å². The second kappa shape index (κ2) is 6.45. The summed E-state index contributed by atoms with van der Waals surface area (Å²) in [4.78, 5) is 8.89. The van der Waals surface area contributed by atoms with E-state index in [1.54, 1.807) is 24.5 Å². The van der Waals surface area contributed by atoms with E-state index in [0.717, 1.165) is 22.5 Å². The lowest BCUT2D eigenvalue weighted by Gasteiger charge is -2.08. The predicted octanol–water partition coefficient (Wildman–Crippen LogP) is 4.37. The van der Waals surface area contributed by atoms with Gasteiger partial charge >= 0.3 is 0 Å². The smallest absolute Gasteiger partial charge is 0.180 e. The van der Waals surface area contributed by atoms with Crippen molar-refractivity contribution in [1.29, 1.82) is 0 Å². The zero-order chi connectivity index (χ0) is 17.2. The largest absolute Gasteiger partial charge is 0.508 e. The van der Waals surface area contributed by atoms with Gasteiger partial charge in [-0.25, -0.2) is 9.97 Å². The molecule has 2 aromatic carbocycles. The average molecular weight is 351 g/mol. The van der Waals surface area contributed by atoms with Crippen molar-refractivity contribution in [3.05, 3.63) is 77.7 Å². The molecular weight excluding hydrogens is 336 g/mol. The summed E-state index contributed by atoms with van der Waals surface area (Å²) in [5, 5.41) is 13.5. The van der Waals surface area contributed by atoms with E-state index >= 15 is 0 Å². The summed E-state index contributed by atoms with van der Waals surface area (Å²) in [6.07, 6.45) is 5.40. The Morgan fingerprint density at radius 1 is 1.08 bits per heavy atom. The molecule has 6 heteroatoms. The number of anilines is 1. The van der Waals surface area contributed by atoms with Gasteiger partial charge in [0.1, 0.15) is 5.75 Å². The van der Waals surface area contributed by atoms with Gasteiger partial charge in [-0.3, -0.25) is 4.40 Å². The molecule has 0 aliphatic heterocycles. The van der Waals surface area contributed by atoms with Crippen LogP contribution in [-0.4, -0.2) is 19.5 Å². The molecule has 0 fully saturated rings. The molecule has 0 atom stereocenters. The Labute approximate surface area is 149 Å². The van der Waals surface area contributed by atoms with Crippen molar-refractivity contribution >= 4 is 23.1 Å². The fourth-order valence-corrected chi connectivity index (χ4v) is 2.94. The second-order valence-corrected chi connectivity index (χ2v) is 6.08. The van der Waals surface area contributed by atoms with Gasteiger partial charge in [0.15, 0.2) is 11.5 Å². The van der Waals surface area contributed by atoms with E-state index in [1.807, 2.05) is 47.0 Å². The molecule has 124 valence electrons. The van der Waals surface area contributed by atoms with E-state index in [9.17, 15) is 5.11 Å². The van der Waals surface area contributed by atoms with Crippen LogP contribution < -0.4 is 5.32 Å². The standard InChI is InChI=1S/C19H15ClN4O/c20-15-3-1-2-13(10-15)11-22-18-19-23-12-17(24(19)9-8-21-18)14-4-6-16(25)7-5-14/h1-10,12,25H,11H2,(H,21,22). The molecule has 0 saturated carbocycles. The first-order chi connectivity index (χ1) is 12.2. The molecule has 0 radical (unpaired) electrons. The van der Waals surface area contributed by atoms with Gasteiger partial charge in [-0.05, 0) is 42.0 Å². The van der Waals surface area contributed by atoms with Gasteiger partial charge in [-0.1, -0.05) is 23.7 Å². The number of aromatic hydroxyl groups is 1. The number of phenols is 1. The van der Waals surface area contributed by atoms with Crippen LogP contribution >= 0.6 is 11.6 Å². The van der Waals surface area contributed by atoms with Crippen LogP contribution in [0.15, 0.2) is 67.1 Å². The van der Waals surface area contributed by atoms with Gasteiger partial charge in [0.25, 0.3) is 0 Å². The van der Waals surface area contributed by atoms with E-state index in [4.69, 9.17) is 11.6 Å². The van der Waals surface area contributed by atoms with Crippen LogP contribution in [0.2, 0.25) is 5.02 Å². The van der Waals surface area contributed by atoms with Crippen molar-refractivity contribution in [2.75, 3.05) is 5.32 Å². The summed E-state index contributed by atoms with van der Waals surface area (Å²) in [6.45, 7) is 0.606. The number of fused-ring (bicyclic) bond motifs is 1. The number of phenolic OH excluding ortho intramolecular Hbond substituents is 1. The summed E-state index contributed by atoms with van der Waals surface area (Å²) in [5.41, 5.74) is 3.72. The highest BCUT2D eigenvalue weighted by molar-refractivity contribution is 6.30. The summed E-state index contributed by atoms with van der Waals surface area (Å²) in [6, 6.07) is 14.7. The van der Waals surface area contributed by atoms with Crippen LogP contribution in [0.3, 0.4) is 0 Å². The van der Waals surface area contributed by atoms with Gasteiger partial charge in [0.05, 0.1) is 11.9 Å². The first-order valence-electron chi connectivity index (χ1n) is 7.80. The zero-order valence-corrected chi connectivity index (χ0v) is 14.0. The van der Waals surface area contributed by atoms with Crippen molar-refractivity contribution in [3.63, 3.8) is 0 Å². The van der Waals surface area contributed by atoms with Gasteiger partial charge in [0, 0.05) is 29.5 Å². The number of aromatic nitrogens is 3. The Balaban J connectivity index is 1.66. The van der Waals surface area contributed by atoms with Crippen molar-refractivity contribution < 1.29 is 5.11 Å². The monoisotopic (exact) mass is 350 g/mol. The van der Waals surface area contributed by atoms with Crippen molar-refractivity contribution in [2.45, 2.75) is 6.54 Å². The third-order valence-corrected chi connectivity index (χ3v) is 4.18. The zero-order valence-electron chi connectivity index (χ0n) is 13.2.